The summed E-state index contributed by atoms with van der Waals surface area (Å²) in [6.45, 7) is 4.58. The molecule has 230 valence electrons. The zero-order chi connectivity index (χ0) is 31.1. The molecule has 2 aliphatic heterocycles. The van der Waals surface area contributed by atoms with Crippen molar-refractivity contribution in [3.63, 3.8) is 0 Å². The second-order valence-electron chi connectivity index (χ2n) is 12.9. The minimum Gasteiger partial charge on any atom is -0.598 e. The summed E-state index contributed by atoms with van der Waals surface area (Å²) in [5.74, 6) is -0.230. The van der Waals surface area contributed by atoms with E-state index < -0.39 is 46.2 Å². The highest BCUT2D eigenvalue weighted by atomic mass is 32.2. The molecule has 1 saturated carbocycles. The number of alkyl halides is 2. The molecule has 2 aromatic heterocycles. The molecule has 12 heteroatoms. The summed E-state index contributed by atoms with van der Waals surface area (Å²) in [7, 11) is 0. The van der Waals surface area contributed by atoms with Gasteiger partial charge in [-0.15, -0.1) is 4.72 Å². The lowest BCUT2D eigenvalue weighted by Gasteiger charge is -2.48. The highest BCUT2D eigenvalue weighted by molar-refractivity contribution is 7.90. The molecule has 1 aliphatic carbocycles. The van der Waals surface area contributed by atoms with Gasteiger partial charge in [-0.3, -0.25) is 9.78 Å². The first-order chi connectivity index (χ1) is 20.9. The number of rotatable bonds is 6. The maximum absolute atomic E-state index is 15.9. The van der Waals surface area contributed by atoms with Crippen LogP contribution in [0.4, 0.5) is 13.2 Å². The van der Waals surface area contributed by atoms with Crippen LogP contribution in [0.3, 0.4) is 0 Å². The molecule has 4 heterocycles. The van der Waals surface area contributed by atoms with Crippen LogP contribution >= 0.6 is 0 Å². The number of carbonyl (C=O) groups is 1. The van der Waals surface area contributed by atoms with Crippen LogP contribution in [0.25, 0.3) is 22.2 Å². The summed E-state index contributed by atoms with van der Waals surface area (Å²) in [6.07, 6.45) is 3.56. The lowest BCUT2D eigenvalue weighted by atomic mass is 9.66. The van der Waals surface area contributed by atoms with E-state index in [0.29, 0.717) is 40.9 Å². The number of aromatic nitrogens is 3. The molecular weight excluding hydrogens is 591 g/mol. The van der Waals surface area contributed by atoms with Crippen LogP contribution < -0.4 is 14.8 Å². The maximum Gasteiger partial charge on any atom is 0.387 e. The third-order valence-electron chi connectivity index (χ3n) is 9.21. The molecule has 4 aromatic rings. The van der Waals surface area contributed by atoms with Crippen LogP contribution in [0.5, 0.6) is 5.75 Å². The van der Waals surface area contributed by atoms with Crippen molar-refractivity contribution in [2.45, 2.75) is 75.9 Å². The molecule has 0 radical (unpaired) electrons. The molecule has 1 fully saturated rings. The van der Waals surface area contributed by atoms with Crippen molar-refractivity contribution in [3.05, 3.63) is 77.1 Å². The van der Waals surface area contributed by atoms with Crippen LogP contribution in [0.15, 0.2) is 48.7 Å². The SMILES string of the molecule is C[C@@H]1CC[C@@]1(N[S+]([O-])C(C)(C)C)c1ncc(-c2ccc3nc4n(c3c2)[C@@H]2C[C@H]4NC(=O)c3cccc(OC(F)F)c32)cc1F. The molecule has 7 rings (SSSR count). The van der Waals surface area contributed by atoms with Gasteiger partial charge in [0.1, 0.15) is 33.4 Å². The first-order valence-electron chi connectivity index (χ1n) is 14.6. The lowest BCUT2D eigenvalue weighted by Crippen LogP contribution is -2.60. The van der Waals surface area contributed by atoms with Crippen molar-refractivity contribution in [1.29, 1.82) is 0 Å². The maximum atomic E-state index is 15.9. The monoisotopic (exact) mass is 623 g/mol. The second kappa shape index (κ2) is 10.2. The van der Waals surface area contributed by atoms with Gasteiger partial charge in [0.25, 0.3) is 5.91 Å². The molecule has 1 unspecified atom stereocenters. The molecule has 1 amide bonds. The van der Waals surface area contributed by atoms with Crippen molar-refractivity contribution in [1.82, 2.24) is 24.6 Å². The number of imidazole rings is 1. The Hall–Kier alpha value is -3.61. The predicted octanol–water partition coefficient (Wildman–Crippen LogP) is 6.29. The summed E-state index contributed by atoms with van der Waals surface area (Å²) < 4.78 is 65.1. The molecule has 8 nitrogen and oxygen atoms in total. The molecule has 0 spiro atoms. The van der Waals surface area contributed by atoms with Gasteiger partial charge in [0, 0.05) is 34.2 Å². The fourth-order valence-electron chi connectivity index (χ4n) is 6.71. The van der Waals surface area contributed by atoms with E-state index in [2.05, 4.69) is 15.0 Å². The van der Waals surface area contributed by atoms with Gasteiger partial charge in [-0.25, -0.2) is 9.37 Å². The largest absolute Gasteiger partial charge is 0.598 e. The van der Waals surface area contributed by atoms with Gasteiger partial charge in [0.05, 0.1) is 23.1 Å². The van der Waals surface area contributed by atoms with Gasteiger partial charge in [0.2, 0.25) is 0 Å². The minimum absolute atomic E-state index is 0.0498. The van der Waals surface area contributed by atoms with E-state index in [4.69, 9.17) is 9.72 Å². The first-order valence-corrected chi connectivity index (χ1v) is 15.8. The fourth-order valence-corrected chi connectivity index (χ4v) is 7.74. The summed E-state index contributed by atoms with van der Waals surface area (Å²) >= 11 is -1.41. The minimum atomic E-state index is -3.05. The van der Waals surface area contributed by atoms with Crippen molar-refractivity contribution in [2.75, 3.05) is 0 Å². The number of nitrogens with zero attached hydrogens (tertiary/aromatic N) is 3. The van der Waals surface area contributed by atoms with Gasteiger partial charge >= 0.3 is 6.61 Å². The third kappa shape index (κ3) is 4.49. The third-order valence-corrected chi connectivity index (χ3v) is 10.9. The Balaban J connectivity index is 1.29. The second-order valence-corrected chi connectivity index (χ2v) is 14.8. The standard InChI is InChI=1S/C32H32F3N5O3S/c1-16-10-11-32(16,39-44(42)31(2,3)4)27-20(33)12-18(15-36-27)17-8-9-21-23(13-17)40-24-14-22(28(40)37-21)38-29(41)19-6-5-7-25(26(19)24)43-30(34)35/h5-9,12-13,15-16,22,24,30,39H,10-11,14H2,1-4H3,(H,38,41)/t16-,22-,24-,32+,44?/m1/s1. The number of amides is 1. The Morgan fingerprint density at radius 1 is 1.20 bits per heavy atom. The fraction of sp³-hybridized carbons (Fsp3) is 0.406. The summed E-state index contributed by atoms with van der Waals surface area (Å²) in [5, 5.41) is 2.98. The summed E-state index contributed by atoms with van der Waals surface area (Å²) in [5.41, 5.74) is 2.72. The Kier molecular flexibility index (Phi) is 6.76. The smallest absolute Gasteiger partial charge is 0.387 e. The van der Waals surface area contributed by atoms with E-state index in [1.165, 1.54) is 18.2 Å². The van der Waals surface area contributed by atoms with Gasteiger partial charge in [-0.2, -0.15) is 8.78 Å². The van der Waals surface area contributed by atoms with Crippen LogP contribution in [0.2, 0.25) is 0 Å². The van der Waals surface area contributed by atoms with Crippen molar-refractivity contribution in [3.8, 4) is 16.9 Å². The topological polar surface area (TPSA) is 104 Å². The van der Waals surface area contributed by atoms with E-state index in [0.717, 1.165) is 11.9 Å². The molecule has 0 saturated heterocycles. The van der Waals surface area contributed by atoms with Crippen LogP contribution in [-0.2, 0) is 16.9 Å². The van der Waals surface area contributed by atoms with E-state index in [-0.39, 0.29) is 28.8 Å². The molecule has 3 aliphatic rings. The number of carbonyl (C=O) groups excluding carboxylic acids is 1. The summed E-state index contributed by atoms with van der Waals surface area (Å²) in [4.78, 5) is 22.4. The summed E-state index contributed by atoms with van der Waals surface area (Å²) in [6, 6.07) is 10.7. The highest BCUT2D eigenvalue weighted by Crippen LogP contribution is 2.49. The Labute approximate surface area is 255 Å². The molecule has 5 atom stereocenters. The number of benzene rings is 2. The number of nitrogens with one attached hydrogen (secondary N) is 2. The van der Waals surface area contributed by atoms with E-state index >= 15 is 4.39 Å². The zero-order valence-electron chi connectivity index (χ0n) is 24.7. The van der Waals surface area contributed by atoms with Gasteiger partial charge in [-0.1, -0.05) is 19.1 Å². The Bertz CT molecular complexity index is 1810. The predicted molar refractivity (Wildman–Crippen MR) is 160 cm³/mol. The average molecular weight is 624 g/mol. The number of ether oxygens (including phenoxy) is 1. The van der Waals surface area contributed by atoms with Crippen molar-refractivity contribution < 1.29 is 27.3 Å². The number of hydrogen-bond acceptors (Lipinski definition) is 6. The number of hydrogen-bond donors (Lipinski definition) is 2. The van der Waals surface area contributed by atoms with Gasteiger partial charge in [-0.05, 0) is 81.8 Å². The Morgan fingerprint density at radius 3 is 2.66 bits per heavy atom. The molecular formula is C32H32F3N5O3S. The van der Waals surface area contributed by atoms with Crippen molar-refractivity contribution >= 4 is 28.3 Å². The number of pyridine rings is 1. The van der Waals surface area contributed by atoms with E-state index in [9.17, 15) is 18.1 Å². The van der Waals surface area contributed by atoms with Crippen molar-refractivity contribution in [2.24, 2.45) is 5.92 Å². The first kappa shape index (κ1) is 29.1. The molecule has 44 heavy (non-hydrogen) atoms. The number of halogens is 3. The molecule has 2 N–H and O–H groups in total. The highest BCUT2D eigenvalue weighted by Gasteiger charge is 2.53. The van der Waals surface area contributed by atoms with Crippen LogP contribution in [0, 0.1) is 11.7 Å². The van der Waals surface area contributed by atoms with Crippen LogP contribution in [0.1, 0.15) is 86.5 Å². The normalized spacial score (nSPS) is 24.8. The van der Waals surface area contributed by atoms with Gasteiger partial charge < -0.3 is 19.2 Å². The number of fused-ring (bicyclic) bond motifs is 9. The Morgan fingerprint density at radius 2 is 2.00 bits per heavy atom. The lowest BCUT2D eigenvalue weighted by molar-refractivity contribution is -0.0507. The molecule has 2 bridgehead atoms. The van der Waals surface area contributed by atoms with Gasteiger partial charge in [0.15, 0.2) is 0 Å². The van der Waals surface area contributed by atoms with E-state index in [1.54, 1.807) is 12.3 Å². The quantitative estimate of drug-likeness (QED) is 0.245. The zero-order valence-corrected chi connectivity index (χ0v) is 25.5. The van der Waals surface area contributed by atoms with Crippen LogP contribution in [-0.4, -0.2) is 36.4 Å². The van der Waals surface area contributed by atoms with E-state index in [1.807, 2.05) is 50.5 Å². The average Bonchev–Trinajstić information content (AvgIpc) is 3.46. The molecule has 2 aromatic carbocycles.